The van der Waals surface area contributed by atoms with E-state index in [-0.39, 0.29) is 11.4 Å². The van der Waals surface area contributed by atoms with E-state index in [1.807, 2.05) is 13.0 Å². The maximum atomic E-state index is 12.7. The van der Waals surface area contributed by atoms with Gasteiger partial charge in [-0.1, -0.05) is 6.07 Å². The molecule has 1 heterocycles. The van der Waals surface area contributed by atoms with Gasteiger partial charge in [0, 0.05) is 18.1 Å². The van der Waals surface area contributed by atoms with Crippen LogP contribution in [0.1, 0.15) is 16.9 Å². The van der Waals surface area contributed by atoms with E-state index in [1.54, 1.807) is 18.2 Å². The van der Waals surface area contributed by atoms with Crippen molar-refractivity contribution in [3.63, 3.8) is 0 Å². The van der Waals surface area contributed by atoms with Crippen molar-refractivity contribution < 1.29 is 12.8 Å². The summed E-state index contributed by atoms with van der Waals surface area (Å²) in [5.41, 5.74) is 7.24. The molecule has 114 valence electrons. The van der Waals surface area contributed by atoms with Crippen LogP contribution in [0.5, 0.6) is 0 Å². The predicted molar refractivity (Wildman–Crippen MR) is 84.1 cm³/mol. The molecular formula is C14H17BrN2O3S. The number of halogens is 1. The van der Waals surface area contributed by atoms with Gasteiger partial charge in [0.25, 0.3) is 0 Å². The van der Waals surface area contributed by atoms with Crippen LogP contribution >= 0.6 is 15.9 Å². The molecule has 0 spiro atoms. The van der Waals surface area contributed by atoms with Gasteiger partial charge in [-0.15, -0.1) is 0 Å². The summed E-state index contributed by atoms with van der Waals surface area (Å²) >= 11 is 3.36. The molecule has 0 aliphatic carbocycles. The van der Waals surface area contributed by atoms with E-state index in [0.29, 0.717) is 16.8 Å². The molecule has 0 amide bonds. The molecule has 0 aliphatic rings. The zero-order chi connectivity index (χ0) is 15.6. The summed E-state index contributed by atoms with van der Waals surface area (Å²) in [4.78, 5) is 0.219. The van der Waals surface area contributed by atoms with Crippen LogP contribution < -0.4 is 5.73 Å². The molecule has 0 atom stereocenters. The van der Waals surface area contributed by atoms with E-state index in [2.05, 4.69) is 15.9 Å². The molecule has 5 nitrogen and oxygen atoms in total. The van der Waals surface area contributed by atoms with Gasteiger partial charge in [-0.05, 0) is 52.2 Å². The lowest BCUT2D eigenvalue weighted by atomic mass is 10.1. The Labute approximate surface area is 132 Å². The van der Waals surface area contributed by atoms with Crippen LogP contribution in [0.15, 0.2) is 44.3 Å². The number of hydrogen-bond donors (Lipinski definition) is 1. The van der Waals surface area contributed by atoms with Crippen molar-refractivity contribution in [2.75, 3.05) is 7.05 Å². The Kier molecular flexibility index (Phi) is 4.88. The Morgan fingerprint density at radius 2 is 2.10 bits per heavy atom. The molecular weight excluding hydrogens is 356 g/mol. The molecule has 0 saturated carbocycles. The van der Waals surface area contributed by atoms with E-state index >= 15 is 0 Å². The molecule has 0 radical (unpaired) electrons. The fraction of sp³-hybridized carbons (Fsp3) is 0.286. The van der Waals surface area contributed by atoms with Crippen LogP contribution in [0.25, 0.3) is 0 Å². The second-order valence-electron chi connectivity index (χ2n) is 4.77. The topological polar surface area (TPSA) is 76.5 Å². The number of hydrogen-bond acceptors (Lipinski definition) is 4. The second kappa shape index (κ2) is 6.31. The second-order valence-corrected chi connectivity index (χ2v) is 7.58. The van der Waals surface area contributed by atoms with E-state index < -0.39 is 10.0 Å². The van der Waals surface area contributed by atoms with E-state index in [4.69, 9.17) is 10.2 Å². The van der Waals surface area contributed by atoms with Gasteiger partial charge in [0.05, 0.1) is 17.7 Å². The molecule has 2 N–H and O–H groups in total. The van der Waals surface area contributed by atoms with Crippen molar-refractivity contribution in [1.29, 1.82) is 0 Å². The van der Waals surface area contributed by atoms with Crippen LogP contribution in [-0.4, -0.2) is 19.8 Å². The third kappa shape index (κ3) is 3.37. The zero-order valence-electron chi connectivity index (χ0n) is 11.8. The van der Waals surface area contributed by atoms with E-state index in [0.717, 1.165) is 11.1 Å². The molecule has 0 saturated heterocycles. The largest absolute Gasteiger partial charge is 0.468 e. The maximum Gasteiger partial charge on any atom is 0.244 e. The molecule has 0 unspecified atom stereocenters. The number of aryl methyl sites for hydroxylation is 1. The third-order valence-electron chi connectivity index (χ3n) is 3.16. The summed E-state index contributed by atoms with van der Waals surface area (Å²) in [5, 5.41) is 0. The number of benzene rings is 1. The fourth-order valence-corrected chi connectivity index (χ4v) is 4.15. The molecule has 0 aliphatic heterocycles. The fourth-order valence-electron chi connectivity index (χ4n) is 1.99. The van der Waals surface area contributed by atoms with Crippen LogP contribution in [-0.2, 0) is 23.1 Å². The highest BCUT2D eigenvalue weighted by Crippen LogP contribution is 2.29. The number of rotatable bonds is 5. The van der Waals surface area contributed by atoms with Crippen LogP contribution in [0.2, 0.25) is 0 Å². The first-order chi connectivity index (χ1) is 9.86. The predicted octanol–water partition coefficient (Wildman–Crippen LogP) is 2.63. The first-order valence-corrected chi connectivity index (χ1v) is 8.57. The molecule has 0 fully saturated rings. The lowest BCUT2D eigenvalue weighted by Crippen LogP contribution is -2.27. The van der Waals surface area contributed by atoms with Gasteiger partial charge in [-0.3, -0.25) is 0 Å². The molecule has 1 aromatic heterocycles. The average molecular weight is 373 g/mol. The lowest BCUT2D eigenvalue weighted by molar-refractivity contribution is 0.406. The Balaban J connectivity index is 2.41. The molecule has 2 rings (SSSR count). The van der Waals surface area contributed by atoms with E-state index in [9.17, 15) is 8.42 Å². The van der Waals surface area contributed by atoms with Gasteiger partial charge in [0.15, 0.2) is 0 Å². The van der Waals surface area contributed by atoms with Crippen LogP contribution in [0, 0.1) is 6.92 Å². The Morgan fingerprint density at radius 3 is 2.67 bits per heavy atom. The summed E-state index contributed by atoms with van der Waals surface area (Å²) in [5.74, 6) is 0.587. The van der Waals surface area contributed by atoms with Crippen molar-refractivity contribution in [2.45, 2.75) is 24.9 Å². The molecule has 1 aromatic carbocycles. The van der Waals surface area contributed by atoms with Crippen molar-refractivity contribution in [1.82, 2.24) is 4.31 Å². The number of furan rings is 1. The first kappa shape index (κ1) is 16.2. The van der Waals surface area contributed by atoms with E-state index in [1.165, 1.54) is 17.6 Å². The maximum absolute atomic E-state index is 12.7. The Hall–Kier alpha value is -1.15. The Morgan fingerprint density at radius 1 is 1.38 bits per heavy atom. The van der Waals surface area contributed by atoms with Gasteiger partial charge >= 0.3 is 0 Å². The molecule has 7 heteroatoms. The standard InChI is InChI=1S/C14H17BrN2O3S/c1-10-6-11(8-16)7-13(14(10)15)21(18,19)17(2)9-12-4-3-5-20-12/h3-7H,8-9,16H2,1-2H3. The summed E-state index contributed by atoms with van der Waals surface area (Å²) in [6.45, 7) is 2.31. The highest BCUT2D eigenvalue weighted by Gasteiger charge is 2.25. The van der Waals surface area contributed by atoms with Gasteiger partial charge in [0.1, 0.15) is 5.76 Å². The minimum atomic E-state index is -3.63. The molecule has 0 bridgehead atoms. The van der Waals surface area contributed by atoms with Crippen molar-refractivity contribution in [3.8, 4) is 0 Å². The van der Waals surface area contributed by atoms with Crippen molar-refractivity contribution in [3.05, 3.63) is 51.9 Å². The minimum Gasteiger partial charge on any atom is -0.468 e. The Bertz CT molecular complexity index is 727. The van der Waals surface area contributed by atoms with Crippen LogP contribution in [0.4, 0.5) is 0 Å². The SMILES string of the molecule is Cc1cc(CN)cc(S(=O)(=O)N(C)Cc2ccco2)c1Br. The summed E-state index contributed by atoms with van der Waals surface area (Å²) in [6.07, 6.45) is 1.52. The van der Waals surface area contributed by atoms with Crippen molar-refractivity contribution in [2.24, 2.45) is 5.73 Å². The highest BCUT2D eigenvalue weighted by molar-refractivity contribution is 9.10. The van der Waals surface area contributed by atoms with Crippen molar-refractivity contribution >= 4 is 26.0 Å². The van der Waals surface area contributed by atoms with Gasteiger partial charge < -0.3 is 10.2 Å². The summed E-state index contributed by atoms with van der Waals surface area (Å²) in [6, 6.07) is 6.94. The minimum absolute atomic E-state index is 0.174. The first-order valence-electron chi connectivity index (χ1n) is 6.34. The average Bonchev–Trinajstić information content (AvgIpc) is 2.94. The number of nitrogens with two attached hydrogens (primary N) is 1. The van der Waals surface area contributed by atoms with Gasteiger partial charge in [-0.25, -0.2) is 8.42 Å². The summed E-state index contributed by atoms with van der Waals surface area (Å²) < 4.78 is 32.4. The molecule has 21 heavy (non-hydrogen) atoms. The highest BCUT2D eigenvalue weighted by atomic mass is 79.9. The quantitative estimate of drug-likeness (QED) is 0.874. The number of sulfonamides is 1. The lowest BCUT2D eigenvalue weighted by Gasteiger charge is -2.18. The normalized spacial score (nSPS) is 12.0. The van der Waals surface area contributed by atoms with Gasteiger partial charge in [-0.2, -0.15) is 4.31 Å². The summed E-state index contributed by atoms with van der Waals surface area (Å²) in [7, 11) is -2.11. The van der Waals surface area contributed by atoms with Gasteiger partial charge in [0.2, 0.25) is 10.0 Å². The number of nitrogens with zero attached hydrogens (tertiary/aromatic N) is 1. The third-order valence-corrected chi connectivity index (χ3v) is 6.31. The smallest absolute Gasteiger partial charge is 0.244 e. The van der Waals surface area contributed by atoms with Crippen LogP contribution in [0.3, 0.4) is 0 Å². The molecule has 2 aromatic rings. The zero-order valence-corrected chi connectivity index (χ0v) is 14.2. The monoisotopic (exact) mass is 372 g/mol.